The normalized spacial score (nSPS) is 19.0. The van der Waals surface area contributed by atoms with Crippen molar-refractivity contribution < 1.29 is 13.2 Å². The van der Waals surface area contributed by atoms with E-state index in [1.165, 1.54) is 6.26 Å². The maximum atomic E-state index is 12.4. The average Bonchev–Trinajstić information content (AvgIpc) is 2.59. The highest BCUT2D eigenvalue weighted by atomic mass is 35.5. The molecule has 1 heterocycles. The molecule has 0 aromatic heterocycles. The molecule has 0 amide bonds. The van der Waals surface area contributed by atoms with E-state index in [2.05, 4.69) is 15.6 Å². The van der Waals surface area contributed by atoms with E-state index in [9.17, 15) is 8.42 Å². The van der Waals surface area contributed by atoms with E-state index >= 15 is 0 Å². The molecule has 0 aliphatic carbocycles. The van der Waals surface area contributed by atoms with Crippen molar-refractivity contribution in [3.05, 3.63) is 34.9 Å². The quantitative estimate of drug-likeness (QED) is 0.565. The van der Waals surface area contributed by atoms with E-state index < -0.39 is 14.6 Å². The summed E-state index contributed by atoms with van der Waals surface area (Å²) in [6, 6.07) is 7.61. The van der Waals surface area contributed by atoms with E-state index in [0.717, 1.165) is 5.56 Å². The number of halogens is 1. The van der Waals surface area contributed by atoms with Crippen molar-refractivity contribution in [1.82, 2.24) is 10.6 Å². The zero-order valence-electron chi connectivity index (χ0n) is 15.6. The van der Waals surface area contributed by atoms with Crippen LogP contribution >= 0.6 is 11.6 Å². The molecule has 0 spiro atoms. The topological polar surface area (TPSA) is 79.8 Å². The van der Waals surface area contributed by atoms with Crippen LogP contribution in [0.3, 0.4) is 0 Å². The molecule has 1 fully saturated rings. The van der Waals surface area contributed by atoms with Crippen LogP contribution in [-0.4, -0.2) is 51.7 Å². The largest absolute Gasteiger partial charge is 0.381 e. The molecule has 1 aliphatic rings. The van der Waals surface area contributed by atoms with Crippen molar-refractivity contribution in [3.8, 4) is 0 Å². The van der Waals surface area contributed by atoms with Crippen LogP contribution in [0.25, 0.3) is 0 Å². The minimum Gasteiger partial charge on any atom is -0.381 e. The molecule has 146 valence electrons. The molecule has 1 aliphatic heterocycles. The summed E-state index contributed by atoms with van der Waals surface area (Å²) in [5.74, 6) is 0.592. The van der Waals surface area contributed by atoms with Gasteiger partial charge in [-0.3, -0.25) is 4.99 Å². The SMILES string of the molecule is CCNC(=NCC1(S(C)(=O)=O)CCOCC1)NC(C)c1cccc(Cl)c1. The highest BCUT2D eigenvalue weighted by Gasteiger charge is 2.42. The van der Waals surface area contributed by atoms with Crippen molar-refractivity contribution in [2.45, 2.75) is 37.5 Å². The Labute approximate surface area is 161 Å². The molecule has 0 saturated carbocycles. The molecule has 6 nitrogen and oxygen atoms in total. The summed E-state index contributed by atoms with van der Waals surface area (Å²) in [6.07, 6.45) is 2.24. The molecular formula is C18H28ClN3O3S. The molecule has 1 unspecified atom stereocenters. The minimum absolute atomic E-state index is 0.0182. The van der Waals surface area contributed by atoms with E-state index in [1.807, 2.05) is 38.1 Å². The molecule has 2 rings (SSSR count). The second-order valence-corrected chi connectivity index (χ2v) is 9.53. The Morgan fingerprint density at radius 1 is 1.38 bits per heavy atom. The Balaban J connectivity index is 2.17. The second kappa shape index (κ2) is 9.06. The number of ether oxygens (including phenoxy) is 1. The third-order valence-corrected chi connectivity index (χ3v) is 7.11. The van der Waals surface area contributed by atoms with E-state index in [1.54, 1.807) is 0 Å². The lowest BCUT2D eigenvalue weighted by molar-refractivity contribution is 0.0768. The molecule has 0 radical (unpaired) electrons. The van der Waals surface area contributed by atoms with Gasteiger partial charge in [0.05, 0.1) is 17.3 Å². The third-order valence-electron chi connectivity index (χ3n) is 4.76. The summed E-state index contributed by atoms with van der Waals surface area (Å²) in [5.41, 5.74) is 1.03. The number of guanidine groups is 1. The molecule has 8 heteroatoms. The number of nitrogens with zero attached hydrogens (tertiary/aromatic N) is 1. The van der Waals surface area contributed by atoms with Gasteiger partial charge in [-0.1, -0.05) is 23.7 Å². The highest BCUT2D eigenvalue weighted by Crippen LogP contribution is 2.29. The monoisotopic (exact) mass is 401 g/mol. The van der Waals surface area contributed by atoms with Gasteiger partial charge in [0.1, 0.15) is 0 Å². The average molecular weight is 402 g/mol. The van der Waals surface area contributed by atoms with E-state index in [0.29, 0.717) is 43.6 Å². The van der Waals surface area contributed by atoms with Gasteiger partial charge in [0.25, 0.3) is 0 Å². The lowest BCUT2D eigenvalue weighted by Crippen LogP contribution is -2.47. The van der Waals surface area contributed by atoms with Gasteiger partial charge in [0.2, 0.25) is 0 Å². The fourth-order valence-electron chi connectivity index (χ4n) is 3.00. The van der Waals surface area contributed by atoms with Crippen LogP contribution in [0.4, 0.5) is 0 Å². The van der Waals surface area contributed by atoms with E-state index in [4.69, 9.17) is 16.3 Å². The maximum absolute atomic E-state index is 12.4. The van der Waals surface area contributed by atoms with Gasteiger partial charge < -0.3 is 15.4 Å². The number of hydrogen-bond donors (Lipinski definition) is 2. The van der Waals surface area contributed by atoms with Crippen molar-refractivity contribution in [2.24, 2.45) is 4.99 Å². The maximum Gasteiger partial charge on any atom is 0.191 e. The molecule has 1 aromatic carbocycles. The van der Waals surface area contributed by atoms with Gasteiger partial charge in [-0.15, -0.1) is 0 Å². The predicted molar refractivity (Wildman–Crippen MR) is 107 cm³/mol. The number of aliphatic imine (C=N–C) groups is 1. The molecule has 1 saturated heterocycles. The summed E-state index contributed by atoms with van der Waals surface area (Å²) >= 11 is 6.07. The Morgan fingerprint density at radius 3 is 2.65 bits per heavy atom. The van der Waals surface area contributed by atoms with Gasteiger partial charge in [-0.2, -0.15) is 0 Å². The fourth-order valence-corrected chi connectivity index (χ4v) is 4.40. The van der Waals surface area contributed by atoms with Crippen molar-refractivity contribution in [2.75, 3.05) is 32.6 Å². The molecule has 26 heavy (non-hydrogen) atoms. The molecular weight excluding hydrogens is 374 g/mol. The second-order valence-electron chi connectivity index (χ2n) is 6.68. The lowest BCUT2D eigenvalue weighted by atomic mass is 9.99. The first-order valence-corrected chi connectivity index (χ1v) is 11.1. The lowest BCUT2D eigenvalue weighted by Gasteiger charge is -2.34. The van der Waals surface area contributed by atoms with Crippen LogP contribution in [0.5, 0.6) is 0 Å². The fraction of sp³-hybridized carbons (Fsp3) is 0.611. The van der Waals surface area contributed by atoms with Crippen molar-refractivity contribution in [3.63, 3.8) is 0 Å². The molecule has 1 atom stereocenters. The molecule has 0 bridgehead atoms. The van der Waals surface area contributed by atoms with Gasteiger partial charge in [0.15, 0.2) is 15.8 Å². The number of hydrogen-bond acceptors (Lipinski definition) is 4. The predicted octanol–water partition coefficient (Wildman–Crippen LogP) is 2.55. The Hall–Kier alpha value is -1.31. The summed E-state index contributed by atoms with van der Waals surface area (Å²) < 4.78 is 29.3. The first kappa shape index (κ1) is 21.0. The van der Waals surface area contributed by atoms with Crippen LogP contribution in [0.1, 0.15) is 38.3 Å². The van der Waals surface area contributed by atoms with Crippen molar-refractivity contribution in [1.29, 1.82) is 0 Å². The van der Waals surface area contributed by atoms with Crippen LogP contribution in [0, 0.1) is 0 Å². The van der Waals surface area contributed by atoms with Gasteiger partial charge in [0, 0.05) is 31.0 Å². The number of rotatable bonds is 6. The summed E-state index contributed by atoms with van der Waals surface area (Å²) in [5, 5.41) is 7.19. The molecule has 2 N–H and O–H groups in total. The summed E-state index contributed by atoms with van der Waals surface area (Å²) in [7, 11) is -3.24. The van der Waals surface area contributed by atoms with Crippen LogP contribution in [0.2, 0.25) is 5.02 Å². The standard InChI is InChI=1S/C18H28ClN3O3S/c1-4-20-17(22-14(2)15-6-5-7-16(19)12-15)21-13-18(26(3,23)24)8-10-25-11-9-18/h5-7,12,14H,4,8-11,13H2,1-3H3,(H2,20,21,22). The van der Waals surface area contributed by atoms with Crippen LogP contribution < -0.4 is 10.6 Å². The van der Waals surface area contributed by atoms with Crippen LogP contribution in [0.15, 0.2) is 29.3 Å². The smallest absolute Gasteiger partial charge is 0.191 e. The summed E-state index contributed by atoms with van der Waals surface area (Å²) in [6.45, 7) is 5.79. The first-order chi connectivity index (χ1) is 12.3. The van der Waals surface area contributed by atoms with Gasteiger partial charge >= 0.3 is 0 Å². The van der Waals surface area contributed by atoms with E-state index in [-0.39, 0.29) is 12.6 Å². The van der Waals surface area contributed by atoms with Crippen LogP contribution in [-0.2, 0) is 14.6 Å². The molecule has 1 aromatic rings. The van der Waals surface area contributed by atoms with Crippen molar-refractivity contribution >= 4 is 27.4 Å². The number of benzene rings is 1. The number of nitrogens with one attached hydrogen (secondary N) is 2. The Bertz CT molecular complexity index is 731. The number of sulfone groups is 1. The zero-order valence-corrected chi connectivity index (χ0v) is 17.2. The third kappa shape index (κ3) is 5.34. The Morgan fingerprint density at radius 2 is 2.08 bits per heavy atom. The first-order valence-electron chi connectivity index (χ1n) is 8.85. The Kier molecular flexibility index (Phi) is 7.32. The van der Waals surface area contributed by atoms with Gasteiger partial charge in [-0.25, -0.2) is 8.42 Å². The minimum atomic E-state index is -3.24. The zero-order chi connectivity index (χ0) is 19.2. The summed E-state index contributed by atoms with van der Waals surface area (Å²) in [4.78, 5) is 4.59. The van der Waals surface area contributed by atoms with Gasteiger partial charge in [-0.05, 0) is 44.4 Å². The highest BCUT2D eigenvalue weighted by molar-refractivity contribution is 7.92.